The molecule has 0 spiro atoms. The lowest BCUT2D eigenvalue weighted by molar-refractivity contribution is 0.518. The molecule has 3 aromatic rings. The highest BCUT2D eigenvalue weighted by Crippen LogP contribution is 2.30. The Morgan fingerprint density at radius 2 is 1.73 bits per heavy atom. The first-order chi connectivity index (χ1) is 10.5. The Labute approximate surface area is 131 Å². The molecule has 0 saturated carbocycles. The second-order valence-corrected chi connectivity index (χ2v) is 6.47. The predicted octanol–water partition coefficient (Wildman–Crippen LogP) is 3.95. The molecule has 114 valence electrons. The number of nitrogens with two attached hydrogens (primary N) is 1. The quantitative estimate of drug-likeness (QED) is 0.765. The van der Waals surface area contributed by atoms with Gasteiger partial charge in [-0.15, -0.1) is 0 Å². The lowest BCUT2D eigenvalue weighted by Gasteiger charge is -2.17. The smallest absolute Gasteiger partial charge is 0.0687 e. The zero-order chi connectivity index (χ0) is 15.7. The van der Waals surface area contributed by atoms with E-state index in [2.05, 4.69) is 72.4 Å². The summed E-state index contributed by atoms with van der Waals surface area (Å²) in [4.78, 5) is 0. The number of nitrogens with one attached hydrogen (secondary N) is 1. The fraction of sp³-hybridized carbons (Fsp3) is 0.263. The molecule has 0 aliphatic heterocycles. The molecule has 0 amide bonds. The Balaban J connectivity index is 2.22. The van der Waals surface area contributed by atoms with Crippen LogP contribution in [0.4, 0.5) is 5.69 Å². The Morgan fingerprint density at radius 1 is 1.05 bits per heavy atom. The molecule has 0 fully saturated rings. The van der Waals surface area contributed by atoms with Crippen LogP contribution in [0.1, 0.15) is 19.4 Å². The second-order valence-electron chi connectivity index (χ2n) is 6.47. The van der Waals surface area contributed by atoms with Crippen LogP contribution in [-0.2, 0) is 6.42 Å². The summed E-state index contributed by atoms with van der Waals surface area (Å²) in [5.74, 6) is 0. The topological polar surface area (TPSA) is 43.0 Å². The molecule has 0 saturated heterocycles. The van der Waals surface area contributed by atoms with E-state index in [1.807, 2.05) is 13.1 Å². The highest BCUT2D eigenvalue weighted by Gasteiger charge is 2.17. The molecule has 3 nitrogen and oxygen atoms in total. The van der Waals surface area contributed by atoms with Gasteiger partial charge in [0, 0.05) is 24.2 Å². The van der Waals surface area contributed by atoms with Crippen molar-refractivity contribution in [2.24, 2.45) is 5.73 Å². The zero-order valence-corrected chi connectivity index (χ0v) is 13.4. The summed E-state index contributed by atoms with van der Waals surface area (Å²) >= 11 is 0. The van der Waals surface area contributed by atoms with Crippen LogP contribution in [-0.4, -0.2) is 17.2 Å². The number of para-hydroxylation sites is 3. The van der Waals surface area contributed by atoms with Gasteiger partial charge in [-0.3, -0.25) is 0 Å². The van der Waals surface area contributed by atoms with Gasteiger partial charge in [0.1, 0.15) is 0 Å². The minimum Gasteiger partial charge on any atom is -0.386 e. The number of benzene rings is 2. The van der Waals surface area contributed by atoms with Crippen LogP contribution >= 0.6 is 0 Å². The van der Waals surface area contributed by atoms with Gasteiger partial charge in [0.25, 0.3) is 0 Å². The molecule has 0 radical (unpaired) electrons. The molecule has 2 aromatic carbocycles. The molecule has 3 rings (SSSR count). The van der Waals surface area contributed by atoms with E-state index in [-0.39, 0.29) is 5.54 Å². The molecular formula is C19H23N3. The van der Waals surface area contributed by atoms with Gasteiger partial charge in [0.05, 0.1) is 16.9 Å². The molecule has 3 N–H and O–H groups in total. The SMILES string of the molecule is CNc1ccccc1-n1cc(CC(C)(C)N)c2ccccc21. The second kappa shape index (κ2) is 5.50. The number of aromatic nitrogens is 1. The van der Waals surface area contributed by atoms with E-state index in [0.29, 0.717) is 0 Å². The van der Waals surface area contributed by atoms with E-state index in [0.717, 1.165) is 17.8 Å². The first kappa shape index (κ1) is 14.7. The molecule has 22 heavy (non-hydrogen) atoms. The van der Waals surface area contributed by atoms with Crippen molar-refractivity contribution in [2.45, 2.75) is 25.8 Å². The van der Waals surface area contributed by atoms with Gasteiger partial charge in [0.15, 0.2) is 0 Å². The van der Waals surface area contributed by atoms with E-state index in [1.54, 1.807) is 0 Å². The number of fused-ring (bicyclic) bond motifs is 1. The molecule has 1 heterocycles. The highest BCUT2D eigenvalue weighted by molar-refractivity contribution is 5.87. The van der Waals surface area contributed by atoms with Crippen LogP contribution in [0.3, 0.4) is 0 Å². The number of hydrogen-bond donors (Lipinski definition) is 2. The number of anilines is 1. The summed E-state index contributed by atoms with van der Waals surface area (Å²) in [5.41, 5.74) is 10.8. The fourth-order valence-electron chi connectivity index (χ4n) is 2.98. The van der Waals surface area contributed by atoms with Crippen molar-refractivity contribution in [1.82, 2.24) is 4.57 Å². The normalized spacial score (nSPS) is 11.8. The van der Waals surface area contributed by atoms with Crippen LogP contribution < -0.4 is 11.1 Å². The maximum atomic E-state index is 6.24. The summed E-state index contributed by atoms with van der Waals surface area (Å²) in [6.45, 7) is 4.14. The third kappa shape index (κ3) is 2.72. The summed E-state index contributed by atoms with van der Waals surface area (Å²) in [6, 6.07) is 16.8. The Morgan fingerprint density at radius 3 is 2.45 bits per heavy atom. The molecule has 3 heteroatoms. The maximum Gasteiger partial charge on any atom is 0.0687 e. The minimum absolute atomic E-state index is 0.225. The molecule has 0 unspecified atom stereocenters. The lowest BCUT2D eigenvalue weighted by atomic mass is 9.96. The summed E-state index contributed by atoms with van der Waals surface area (Å²) < 4.78 is 2.25. The van der Waals surface area contributed by atoms with Crippen molar-refractivity contribution >= 4 is 16.6 Å². The van der Waals surface area contributed by atoms with E-state index in [1.165, 1.54) is 16.5 Å². The van der Waals surface area contributed by atoms with Gasteiger partial charge in [-0.25, -0.2) is 0 Å². The van der Waals surface area contributed by atoms with E-state index >= 15 is 0 Å². The molecule has 0 atom stereocenters. The first-order valence-corrected chi connectivity index (χ1v) is 7.64. The minimum atomic E-state index is -0.225. The van der Waals surface area contributed by atoms with Gasteiger partial charge in [0.2, 0.25) is 0 Å². The average Bonchev–Trinajstić information content (AvgIpc) is 2.84. The van der Waals surface area contributed by atoms with Crippen LogP contribution in [0.15, 0.2) is 54.7 Å². The van der Waals surface area contributed by atoms with E-state index in [9.17, 15) is 0 Å². The number of hydrogen-bond acceptors (Lipinski definition) is 2. The van der Waals surface area contributed by atoms with Crippen LogP contribution in [0.5, 0.6) is 0 Å². The Hall–Kier alpha value is -2.26. The van der Waals surface area contributed by atoms with Gasteiger partial charge in [-0.05, 0) is 44.0 Å². The van der Waals surface area contributed by atoms with Gasteiger partial charge in [-0.1, -0.05) is 30.3 Å². The predicted molar refractivity (Wildman–Crippen MR) is 94.8 cm³/mol. The van der Waals surface area contributed by atoms with E-state index in [4.69, 9.17) is 5.73 Å². The zero-order valence-electron chi connectivity index (χ0n) is 13.4. The molecule has 1 aromatic heterocycles. The van der Waals surface area contributed by atoms with Crippen molar-refractivity contribution < 1.29 is 0 Å². The summed E-state index contributed by atoms with van der Waals surface area (Å²) in [5, 5.41) is 4.54. The molecule has 0 aliphatic carbocycles. The van der Waals surface area contributed by atoms with Gasteiger partial charge in [-0.2, -0.15) is 0 Å². The summed E-state index contributed by atoms with van der Waals surface area (Å²) in [7, 11) is 1.95. The molecule has 0 bridgehead atoms. The monoisotopic (exact) mass is 293 g/mol. The largest absolute Gasteiger partial charge is 0.386 e. The maximum absolute atomic E-state index is 6.24. The van der Waals surface area contributed by atoms with Crippen LogP contribution in [0.25, 0.3) is 16.6 Å². The van der Waals surface area contributed by atoms with Crippen molar-refractivity contribution in [1.29, 1.82) is 0 Å². The third-order valence-corrected chi connectivity index (χ3v) is 3.87. The molecular weight excluding hydrogens is 270 g/mol. The van der Waals surface area contributed by atoms with Gasteiger partial charge < -0.3 is 15.6 Å². The van der Waals surface area contributed by atoms with Crippen LogP contribution in [0.2, 0.25) is 0 Å². The van der Waals surface area contributed by atoms with Crippen molar-refractivity contribution in [3.8, 4) is 5.69 Å². The van der Waals surface area contributed by atoms with Crippen LogP contribution in [0, 0.1) is 0 Å². The number of nitrogens with zero attached hydrogens (tertiary/aromatic N) is 1. The third-order valence-electron chi connectivity index (χ3n) is 3.87. The molecule has 0 aliphatic rings. The Kier molecular flexibility index (Phi) is 3.67. The first-order valence-electron chi connectivity index (χ1n) is 7.64. The van der Waals surface area contributed by atoms with E-state index < -0.39 is 0 Å². The summed E-state index contributed by atoms with van der Waals surface area (Å²) in [6.07, 6.45) is 3.07. The van der Waals surface area contributed by atoms with Gasteiger partial charge >= 0.3 is 0 Å². The average molecular weight is 293 g/mol. The van der Waals surface area contributed by atoms with Crippen molar-refractivity contribution in [3.63, 3.8) is 0 Å². The van der Waals surface area contributed by atoms with Crippen molar-refractivity contribution in [2.75, 3.05) is 12.4 Å². The highest BCUT2D eigenvalue weighted by atomic mass is 15.0. The number of rotatable bonds is 4. The fourth-order valence-corrected chi connectivity index (χ4v) is 2.98. The standard InChI is InChI=1S/C19H23N3/c1-19(2,20)12-14-13-22(17-10-6-4-8-15(14)17)18-11-7-5-9-16(18)21-3/h4-11,13,21H,12,20H2,1-3H3. The lowest BCUT2D eigenvalue weighted by Crippen LogP contribution is -2.34. The van der Waals surface area contributed by atoms with Crippen molar-refractivity contribution in [3.05, 3.63) is 60.3 Å². The Bertz CT molecular complexity index is 794.